The van der Waals surface area contributed by atoms with Crippen molar-refractivity contribution in [3.05, 3.63) is 59.2 Å². The van der Waals surface area contributed by atoms with Crippen molar-refractivity contribution in [3.8, 4) is 11.5 Å². The van der Waals surface area contributed by atoms with E-state index in [4.69, 9.17) is 14.2 Å². The largest absolute Gasteiger partial charge is 0.493 e. The number of para-hydroxylation sites is 1. The Bertz CT molecular complexity index is 659. The Hall–Kier alpha value is -1.75. The summed E-state index contributed by atoms with van der Waals surface area (Å²) in [6.45, 7) is 9.14. The first-order valence-corrected chi connectivity index (χ1v) is 9.26. The van der Waals surface area contributed by atoms with Gasteiger partial charge in [-0.1, -0.05) is 42.0 Å². The van der Waals surface area contributed by atoms with E-state index in [-0.39, 0.29) is 18.5 Å². The molecule has 0 atom stereocenters. The second kappa shape index (κ2) is 12.6. The molecular formula is C22H32ClNO3. The van der Waals surface area contributed by atoms with Gasteiger partial charge in [0.15, 0.2) is 11.5 Å². The van der Waals surface area contributed by atoms with Crippen LogP contribution in [-0.2, 0) is 17.9 Å². The molecule has 0 amide bonds. The second-order valence-corrected chi connectivity index (χ2v) is 6.67. The highest BCUT2D eigenvalue weighted by molar-refractivity contribution is 5.85. The zero-order valence-electron chi connectivity index (χ0n) is 16.8. The van der Waals surface area contributed by atoms with E-state index in [1.165, 1.54) is 5.56 Å². The van der Waals surface area contributed by atoms with E-state index in [2.05, 4.69) is 56.4 Å². The van der Waals surface area contributed by atoms with Crippen molar-refractivity contribution in [2.75, 3.05) is 20.3 Å². The Morgan fingerprint density at radius 3 is 2.44 bits per heavy atom. The van der Waals surface area contributed by atoms with Crippen LogP contribution in [0.4, 0.5) is 0 Å². The van der Waals surface area contributed by atoms with Crippen LogP contribution in [0.25, 0.3) is 0 Å². The van der Waals surface area contributed by atoms with Crippen LogP contribution in [0.3, 0.4) is 0 Å². The minimum absolute atomic E-state index is 0. The fourth-order valence-electron chi connectivity index (χ4n) is 2.60. The van der Waals surface area contributed by atoms with Crippen molar-refractivity contribution < 1.29 is 14.2 Å². The standard InChI is InChI=1S/C22H31NO3.ClH/c1-17(2)25-14-6-13-23-15-20-7-5-8-21(24-4)22(20)26-16-19-11-9-18(3)10-12-19;/h5,7-12,17,23H,6,13-16H2,1-4H3;1H. The molecule has 2 rings (SSSR count). The van der Waals surface area contributed by atoms with Crippen molar-refractivity contribution in [2.24, 2.45) is 0 Å². The molecule has 150 valence electrons. The number of hydrogen-bond acceptors (Lipinski definition) is 4. The zero-order valence-corrected chi connectivity index (χ0v) is 17.6. The lowest BCUT2D eigenvalue weighted by Crippen LogP contribution is -2.18. The van der Waals surface area contributed by atoms with Crippen LogP contribution >= 0.6 is 12.4 Å². The lowest BCUT2D eigenvalue weighted by Gasteiger charge is -2.16. The Morgan fingerprint density at radius 2 is 1.78 bits per heavy atom. The maximum atomic E-state index is 6.11. The Balaban J connectivity index is 0.00000364. The van der Waals surface area contributed by atoms with Crippen molar-refractivity contribution in [1.82, 2.24) is 5.32 Å². The molecule has 5 heteroatoms. The van der Waals surface area contributed by atoms with Crippen LogP contribution in [0.5, 0.6) is 11.5 Å². The molecule has 0 fully saturated rings. The normalized spacial score (nSPS) is 10.6. The second-order valence-electron chi connectivity index (χ2n) is 6.67. The van der Waals surface area contributed by atoms with E-state index < -0.39 is 0 Å². The molecule has 0 saturated heterocycles. The number of nitrogens with one attached hydrogen (secondary N) is 1. The molecule has 0 spiro atoms. The molecule has 4 nitrogen and oxygen atoms in total. The molecule has 2 aromatic carbocycles. The number of rotatable bonds is 11. The summed E-state index contributed by atoms with van der Waals surface area (Å²) in [5.41, 5.74) is 3.49. The molecule has 0 aliphatic rings. The zero-order chi connectivity index (χ0) is 18.8. The third kappa shape index (κ3) is 8.21. The molecule has 2 aromatic rings. The lowest BCUT2D eigenvalue weighted by atomic mass is 10.1. The van der Waals surface area contributed by atoms with Crippen LogP contribution in [0.15, 0.2) is 42.5 Å². The van der Waals surface area contributed by atoms with Gasteiger partial charge in [0.1, 0.15) is 6.61 Å². The van der Waals surface area contributed by atoms with E-state index in [1.54, 1.807) is 7.11 Å². The Morgan fingerprint density at radius 1 is 1.04 bits per heavy atom. The number of halogens is 1. The van der Waals surface area contributed by atoms with Gasteiger partial charge in [0.25, 0.3) is 0 Å². The van der Waals surface area contributed by atoms with E-state index in [1.807, 2.05) is 12.1 Å². The molecule has 27 heavy (non-hydrogen) atoms. The molecule has 0 radical (unpaired) electrons. The van der Waals surface area contributed by atoms with Crippen LogP contribution in [0, 0.1) is 6.92 Å². The van der Waals surface area contributed by atoms with E-state index in [0.29, 0.717) is 6.61 Å². The van der Waals surface area contributed by atoms with E-state index >= 15 is 0 Å². The number of methoxy groups -OCH3 is 1. The third-order valence-electron chi connectivity index (χ3n) is 4.05. The quantitative estimate of drug-likeness (QED) is 0.550. The first-order chi connectivity index (χ1) is 12.6. The predicted molar refractivity (Wildman–Crippen MR) is 113 cm³/mol. The molecule has 0 saturated carbocycles. The van der Waals surface area contributed by atoms with Gasteiger partial charge in [0, 0.05) is 18.7 Å². The van der Waals surface area contributed by atoms with Crippen LogP contribution in [0.1, 0.15) is 37.0 Å². The van der Waals surface area contributed by atoms with Gasteiger partial charge >= 0.3 is 0 Å². The van der Waals surface area contributed by atoms with Crippen LogP contribution in [-0.4, -0.2) is 26.4 Å². The van der Waals surface area contributed by atoms with Crippen molar-refractivity contribution >= 4 is 12.4 Å². The summed E-state index contributed by atoms with van der Waals surface area (Å²) in [6.07, 6.45) is 1.27. The van der Waals surface area contributed by atoms with Gasteiger partial charge in [-0.2, -0.15) is 0 Å². The average Bonchev–Trinajstić information content (AvgIpc) is 2.64. The first-order valence-electron chi connectivity index (χ1n) is 9.26. The summed E-state index contributed by atoms with van der Waals surface area (Å²) in [4.78, 5) is 0. The Labute approximate surface area is 169 Å². The molecule has 0 aliphatic heterocycles. The smallest absolute Gasteiger partial charge is 0.166 e. The van der Waals surface area contributed by atoms with E-state index in [9.17, 15) is 0 Å². The van der Waals surface area contributed by atoms with Gasteiger partial charge in [-0.3, -0.25) is 0 Å². The Kier molecular flexibility index (Phi) is 10.9. The monoisotopic (exact) mass is 393 g/mol. The van der Waals surface area contributed by atoms with Gasteiger partial charge in [-0.05, 0) is 45.4 Å². The van der Waals surface area contributed by atoms with Crippen molar-refractivity contribution in [2.45, 2.75) is 46.4 Å². The third-order valence-corrected chi connectivity index (χ3v) is 4.05. The van der Waals surface area contributed by atoms with Crippen LogP contribution < -0.4 is 14.8 Å². The number of benzene rings is 2. The maximum absolute atomic E-state index is 6.11. The number of hydrogen-bond donors (Lipinski definition) is 1. The SMILES string of the molecule is COc1cccc(CNCCCOC(C)C)c1OCc1ccc(C)cc1.Cl. The fourth-order valence-corrected chi connectivity index (χ4v) is 2.60. The molecular weight excluding hydrogens is 362 g/mol. The average molecular weight is 394 g/mol. The molecule has 0 unspecified atom stereocenters. The van der Waals surface area contributed by atoms with E-state index in [0.717, 1.165) is 48.7 Å². The minimum Gasteiger partial charge on any atom is -0.493 e. The highest BCUT2D eigenvalue weighted by Gasteiger charge is 2.10. The van der Waals surface area contributed by atoms with Gasteiger partial charge in [0.2, 0.25) is 0 Å². The number of ether oxygens (including phenoxy) is 3. The topological polar surface area (TPSA) is 39.7 Å². The molecule has 0 bridgehead atoms. The lowest BCUT2D eigenvalue weighted by molar-refractivity contribution is 0.0770. The number of aryl methyl sites for hydroxylation is 1. The highest BCUT2D eigenvalue weighted by Crippen LogP contribution is 2.31. The van der Waals surface area contributed by atoms with Crippen LogP contribution in [0.2, 0.25) is 0 Å². The van der Waals surface area contributed by atoms with Crippen molar-refractivity contribution in [3.63, 3.8) is 0 Å². The predicted octanol–water partition coefficient (Wildman–Crippen LogP) is 4.91. The van der Waals surface area contributed by atoms with Crippen molar-refractivity contribution in [1.29, 1.82) is 0 Å². The summed E-state index contributed by atoms with van der Waals surface area (Å²) in [6, 6.07) is 14.4. The van der Waals surface area contributed by atoms with Gasteiger partial charge < -0.3 is 19.5 Å². The van der Waals surface area contributed by atoms with Gasteiger partial charge in [0.05, 0.1) is 13.2 Å². The summed E-state index contributed by atoms with van der Waals surface area (Å²) < 4.78 is 17.2. The molecule has 1 N–H and O–H groups in total. The molecule has 0 aliphatic carbocycles. The van der Waals surface area contributed by atoms with Gasteiger partial charge in [-0.25, -0.2) is 0 Å². The summed E-state index contributed by atoms with van der Waals surface area (Å²) in [7, 11) is 1.68. The minimum atomic E-state index is 0. The van der Waals surface area contributed by atoms with Gasteiger partial charge in [-0.15, -0.1) is 12.4 Å². The maximum Gasteiger partial charge on any atom is 0.166 e. The summed E-state index contributed by atoms with van der Waals surface area (Å²) in [5.74, 6) is 1.57. The molecule has 0 aromatic heterocycles. The molecule has 0 heterocycles. The summed E-state index contributed by atoms with van der Waals surface area (Å²) >= 11 is 0. The first kappa shape index (κ1) is 23.3. The summed E-state index contributed by atoms with van der Waals surface area (Å²) in [5, 5.41) is 3.46. The highest BCUT2D eigenvalue weighted by atomic mass is 35.5. The fraction of sp³-hybridized carbons (Fsp3) is 0.455.